The van der Waals surface area contributed by atoms with Gasteiger partial charge in [0, 0.05) is 11.0 Å². The van der Waals surface area contributed by atoms with Gasteiger partial charge in [-0.2, -0.15) is 0 Å². The van der Waals surface area contributed by atoms with Crippen LogP contribution in [0.1, 0.15) is 22.7 Å². The summed E-state index contributed by atoms with van der Waals surface area (Å²) in [6.07, 6.45) is 0.742. The monoisotopic (exact) mass is 565 g/mol. The third-order valence-corrected chi connectivity index (χ3v) is 7.25. The molecule has 7 nitrogen and oxygen atoms in total. The van der Waals surface area contributed by atoms with Crippen molar-refractivity contribution in [2.45, 2.75) is 12.5 Å². The number of nitrogens with zero attached hydrogens (tertiary/aromatic N) is 2. The number of benzene rings is 3. The molecule has 0 fully saturated rings. The van der Waals surface area contributed by atoms with Crippen molar-refractivity contribution < 1.29 is 14.6 Å². The Balaban J connectivity index is 1.83. The molecule has 2 heterocycles. The standard InChI is InChI=1S/C27H24BrN3O4S/c1-34-21-14-16-12-13-29-24(20(16)15-22(21)35-2)23-25(32)30(18-6-4-3-5-7-18)27(36)31(26(23)33)19-10-8-17(28)9-11-19/h3-11,14-15,24,29,33H,12-13H2,1-2H3/t24-/m0/s1. The van der Waals surface area contributed by atoms with E-state index in [0.29, 0.717) is 29.4 Å². The maximum absolute atomic E-state index is 14.1. The topological polar surface area (TPSA) is 77.7 Å². The quantitative estimate of drug-likeness (QED) is 0.329. The molecule has 1 aliphatic rings. The number of hydrogen-bond donors (Lipinski definition) is 2. The van der Waals surface area contributed by atoms with Crippen molar-refractivity contribution in [1.82, 2.24) is 14.5 Å². The lowest BCUT2D eigenvalue weighted by Crippen LogP contribution is -2.37. The molecule has 0 amide bonds. The average Bonchev–Trinajstić information content (AvgIpc) is 2.89. The zero-order chi connectivity index (χ0) is 25.4. The molecule has 1 aliphatic heterocycles. The first-order valence-corrected chi connectivity index (χ1v) is 12.5. The zero-order valence-corrected chi connectivity index (χ0v) is 22.1. The molecule has 0 unspecified atom stereocenters. The predicted molar refractivity (Wildman–Crippen MR) is 145 cm³/mol. The first kappa shape index (κ1) is 24.3. The Bertz CT molecular complexity index is 1550. The molecule has 1 aromatic heterocycles. The second-order valence-electron chi connectivity index (χ2n) is 8.35. The molecule has 0 aliphatic carbocycles. The highest BCUT2D eigenvalue weighted by Gasteiger charge is 2.31. The Morgan fingerprint density at radius 1 is 0.972 bits per heavy atom. The molecule has 4 aromatic rings. The van der Waals surface area contributed by atoms with Crippen LogP contribution in [0.4, 0.5) is 0 Å². The fraction of sp³-hybridized carbons (Fsp3) is 0.185. The maximum atomic E-state index is 14.1. The van der Waals surface area contributed by atoms with Crippen LogP contribution in [0.5, 0.6) is 17.4 Å². The summed E-state index contributed by atoms with van der Waals surface area (Å²) in [4.78, 5) is 14.1. The van der Waals surface area contributed by atoms with E-state index in [1.807, 2.05) is 66.7 Å². The van der Waals surface area contributed by atoms with Gasteiger partial charge in [-0.3, -0.25) is 13.9 Å². The van der Waals surface area contributed by atoms with Crippen LogP contribution in [0, 0.1) is 4.77 Å². The minimum atomic E-state index is -0.590. The average molecular weight is 566 g/mol. The highest BCUT2D eigenvalue weighted by atomic mass is 79.9. The Kier molecular flexibility index (Phi) is 6.70. The molecule has 9 heteroatoms. The van der Waals surface area contributed by atoms with Gasteiger partial charge in [0.25, 0.3) is 5.56 Å². The van der Waals surface area contributed by atoms with E-state index in [2.05, 4.69) is 21.2 Å². The number of fused-ring (bicyclic) bond motifs is 1. The van der Waals surface area contributed by atoms with Gasteiger partial charge in [0.1, 0.15) is 0 Å². The number of hydrogen-bond acceptors (Lipinski definition) is 6. The summed E-state index contributed by atoms with van der Waals surface area (Å²) in [5, 5.41) is 15.0. The highest BCUT2D eigenvalue weighted by molar-refractivity contribution is 9.10. The summed E-state index contributed by atoms with van der Waals surface area (Å²) >= 11 is 9.23. The lowest BCUT2D eigenvalue weighted by Gasteiger charge is -2.29. The van der Waals surface area contributed by atoms with Crippen molar-refractivity contribution in [3.05, 3.63) is 103 Å². The summed E-state index contributed by atoms with van der Waals surface area (Å²) < 4.78 is 15.1. The third kappa shape index (κ3) is 4.13. The molecule has 5 rings (SSSR count). The Morgan fingerprint density at radius 2 is 1.61 bits per heavy atom. The van der Waals surface area contributed by atoms with Gasteiger partial charge >= 0.3 is 0 Å². The van der Waals surface area contributed by atoms with Crippen molar-refractivity contribution in [2.75, 3.05) is 20.8 Å². The van der Waals surface area contributed by atoms with Crippen molar-refractivity contribution in [2.24, 2.45) is 0 Å². The molecule has 1 atom stereocenters. The van der Waals surface area contributed by atoms with E-state index in [1.165, 1.54) is 9.13 Å². The normalized spacial score (nSPS) is 14.8. The van der Waals surface area contributed by atoms with E-state index in [-0.39, 0.29) is 16.2 Å². The summed E-state index contributed by atoms with van der Waals surface area (Å²) in [6, 6.07) is 19.8. The van der Waals surface area contributed by atoms with Crippen LogP contribution in [0.15, 0.2) is 76.0 Å². The van der Waals surface area contributed by atoms with Crippen LogP contribution < -0.4 is 20.3 Å². The number of nitrogens with one attached hydrogen (secondary N) is 1. The van der Waals surface area contributed by atoms with Crippen molar-refractivity contribution in [3.63, 3.8) is 0 Å². The highest BCUT2D eigenvalue weighted by Crippen LogP contribution is 2.39. The summed E-state index contributed by atoms with van der Waals surface area (Å²) in [5.74, 6) is 0.960. The van der Waals surface area contributed by atoms with Crippen LogP contribution >= 0.6 is 28.1 Å². The lowest BCUT2D eigenvalue weighted by atomic mass is 9.90. The number of para-hydroxylation sites is 1. The van der Waals surface area contributed by atoms with Crippen LogP contribution in [-0.4, -0.2) is 35.0 Å². The number of rotatable bonds is 5. The lowest BCUT2D eigenvalue weighted by molar-refractivity contribution is 0.352. The summed E-state index contributed by atoms with van der Waals surface area (Å²) in [7, 11) is 3.17. The van der Waals surface area contributed by atoms with Crippen LogP contribution in [0.2, 0.25) is 0 Å². The van der Waals surface area contributed by atoms with Gasteiger partial charge in [0.05, 0.1) is 37.2 Å². The van der Waals surface area contributed by atoms with Crippen LogP contribution in [0.25, 0.3) is 11.4 Å². The minimum Gasteiger partial charge on any atom is -0.494 e. The molecule has 36 heavy (non-hydrogen) atoms. The second-order valence-corrected chi connectivity index (χ2v) is 9.63. The third-order valence-electron chi connectivity index (χ3n) is 6.36. The van der Waals surface area contributed by atoms with Crippen molar-refractivity contribution >= 4 is 28.1 Å². The van der Waals surface area contributed by atoms with E-state index in [1.54, 1.807) is 14.2 Å². The number of halogens is 1. The molecule has 0 bridgehead atoms. The zero-order valence-electron chi connectivity index (χ0n) is 19.7. The van der Waals surface area contributed by atoms with Crippen molar-refractivity contribution in [3.8, 4) is 28.8 Å². The smallest absolute Gasteiger partial charge is 0.267 e. The van der Waals surface area contributed by atoms with Gasteiger partial charge in [-0.25, -0.2) is 0 Å². The molecule has 184 valence electrons. The van der Waals surface area contributed by atoms with E-state index in [0.717, 1.165) is 22.0 Å². The Morgan fingerprint density at radius 3 is 2.28 bits per heavy atom. The SMILES string of the molecule is COc1cc2c(cc1OC)[C@@H](c1c(O)n(-c3ccc(Br)cc3)c(=S)n(-c3ccccc3)c1=O)NCC2. The van der Waals surface area contributed by atoms with Crippen LogP contribution in [-0.2, 0) is 6.42 Å². The fourth-order valence-electron chi connectivity index (χ4n) is 4.63. The van der Waals surface area contributed by atoms with Gasteiger partial charge in [-0.15, -0.1) is 0 Å². The second kappa shape index (κ2) is 9.93. The molecule has 0 spiro atoms. The van der Waals surface area contributed by atoms with E-state index >= 15 is 0 Å². The van der Waals surface area contributed by atoms with Gasteiger partial charge in [0.2, 0.25) is 5.88 Å². The van der Waals surface area contributed by atoms with E-state index in [4.69, 9.17) is 21.7 Å². The molecular weight excluding hydrogens is 542 g/mol. The number of methoxy groups -OCH3 is 2. The van der Waals surface area contributed by atoms with E-state index < -0.39 is 11.6 Å². The number of ether oxygens (including phenoxy) is 2. The fourth-order valence-corrected chi connectivity index (χ4v) is 5.28. The maximum Gasteiger partial charge on any atom is 0.267 e. The number of aromatic nitrogens is 2. The molecule has 0 radical (unpaired) electrons. The molecular formula is C27H24BrN3O4S. The predicted octanol–water partition coefficient (Wildman–Crippen LogP) is 5.08. The van der Waals surface area contributed by atoms with E-state index in [9.17, 15) is 9.90 Å². The number of aromatic hydroxyl groups is 1. The molecule has 0 saturated carbocycles. The first-order chi connectivity index (χ1) is 17.4. The molecule has 2 N–H and O–H groups in total. The van der Waals surface area contributed by atoms with Gasteiger partial charge in [-0.1, -0.05) is 34.1 Å². The van der Waals surface area contributed by atoms with Crippen LogP contribution in [0.3, 0.4) is 0 Å². The molecule has 0 saturated heterocycles. The first-order valence-electron chi connectivity index (χ1n) is 11.3. The Hall–Kier alpha value is -3.40. The Labute approximate surface area is 221 Å². The van der Waals surface area contributed by atoms with Gasteiger partial charge in [-0.05, 0) is 78.3 Å². The largest absolute Gasteiger partial charge is 0.494 e. The van der Waals surface area contributed by atoms with Gasteiger partial charge < -0.3 is 19.9 Å². The van der Waals surface area contributed by atoms with Gasteiger partial charge in [0.15, 0.2) is 16.3 Å². The minimum absolute atomic E-state index is 0.165. The summed E-state index contributed by atoms with van der Waals surface area (Å²) in [5.41, 5.74) is 2.91. The van der Waals surface area contributed by atoms with Crippen molar-refractivity contribution in [1.29, 1.82) is 0 Å². The summed E-state index contributed by atoms with van der Waals surface area (Å²) in [6.45, 7) is 0.616. The molecule has 3 aromatic carbocycles.